The Kier molecular flexibility index (Phi) is 5.35. The second-order valence-corrected chi connectivity index (χ2v) is 8.58. The number of hydrogen-bond donors (Lipinski definition) is 2. The van der Waals surface area contributed by atoms with Crippen molar-refractivity contribution in [1.82, 2.24) is 10.3 Å². The van der Waals surface area contributed by atoms with Crippen molar-refractivity contribution >= 4 is 28.3 Å². The van der Waals surface area contributed by atoms with Crippen molar-refractivity contribution in [3.05, 3.63) is 29.6 Å². The fourth-order valence-corrected chi connectivity index (χ4v) is 4.52. The maximum atomic E-state index is 13.1. The predicted molar refractivity (Wildman–Crippen MR) is 109 cm³/mol. The molecule has 2 aromatic rings. The Bertz CT molecular complexity index is 852. The summed E-state index contributed by atoms with van der Waals surface area (Å²) >= 11 is 1.40. The van der Waals surface area contributed by atoms with E-state index in [-0.39, 0.29) is 18.2 Å². The molecule has 148 valence electrons. The fraction of sp³-hybridized carbons (Fsp3) is 0.476. The summed E-state index contributed by atoms with van der Waals surface area (Å²) in [7, 11) is 1.63. The molecular formula is C21H25N3O3S. The zero-order valence-corrected chi connectivity index (χ0v) is 16.8. The van der Waals surface area contributed by atoms with Crippen LogP contribution in [0.2, 0.25) is 0 Å². The van der Waals surface area contributed by atoms with E-state index in [1.165, 1.54) is 11.3 Å². The molecule has 2 saturated carbocycles. The Morgan fingerprint density at radius 3 is 2.57 bits per heavy atom. The first-order valence-corrected chi connectivity index (χ1v) is 10.7. The lowest BCUT2D eigenvalue weighted by Gasteiger charge is -2.26. The van der Waals surface area contributed by atoms with Gasteiger partial charge < -0.3 is 15.4 Å². The summed E-state index contributed by atoms with van der Waals surface area (Å²) in [6, 6.07) is 7.98. The van der Waals surface area contributed by atoms with Gasteiger partial charge in [0, 0.05) is 23.4 Å². The molecule has 28 heavy (non-hydrogen) atoms. The monoisotopic (exact) mass is 399 g/mol. The highest BCUT2D eigenvalue weighted by Gasteiger charge is 2.43. The first-order chi connectivity index (χ1) is 13.6. The molecule has 0 atom stereocenters. The molecule has 2 aliphatic carbocycles. The molecule has 0 saturated heterocycles. The Labute approximate surface area is 168 Å². The van der Waals surface area contributed by atoms with Crippen molar-refractivity contribution in [2.24, 2.45) is 5.41 Å². The lowest BCUT2D eigenvalue weighted by molar-refractivity contribution is -0.132. The van der Waals surface area contributed by atoms with Crippen molar-refractivity contribution in [2.45, 2.75) is 51.0 Å². The highest BCUT2D eigenvalue weighted by atomic mass is 32.1. The van der Waals surface area contributed by atoms with E-state index in [1.54, 1.807) is 7.11 Å². The van der Waals surface area contributed by atoms with Gasteiger partial charge in [0.2, 0.25) is 11.8 Å². The number of anilines is 1. The van der Waals surface area contributed by atoms with Crippen LogP contribution in [-0.2, 0) is 9.59 Å². The van der Waals surface area contributed by atoms with E-state index in [4.69, 9.17) is 4.74 Å². The largest absolute Gasteiger partial charge is 0.497 e. The van der Waals surface area contributed by atoms with Crippen LogP contribution in [0.3, 0.4) is 0 Å². The number of amides is 2. The molecule has 2 amide bonds. The van der Waals surface area contributed by atoms with Crippen LogP contribution in [0.5, 0.6) is 5.75 Å². The van der Waals surface area contributed by atoms with Gasteiger partial charge in [-0.1, -0.05) is 12.8 Å². The highest BCUT2D eigenvalue weighted by Crippen LogP contribution is 2.42. The van der Waals surface area contributed by atoms with Crippen molar-refractivity contribution in [3.8, 4) is 17.0 Å². The van der Waals surface area contributed by atoms with Crippen LogP contribution in [0.25, 0.3) is 11.3 Å². The summed E-state index contributed by atoms with van der Waals surface area (Å²) in [5.41, 5.74) is 1.18. The minimum atomic E-state index is -0.606. The second-order valence-electron chi connectivity index (χ2n) is 7.73. The predicted octanol–water partition coefficient (Wildman–Crippen LogP) is 3.99. The molecule has 1 aromatic heterocycles. The summed E-state index contributed by atoms with van der Waals surface area (Å²) in [6.07, 6.45) is 5.86. The molecule has 2 N–H and O–H groups in total. The van der Waals surface area contributed by atoms with Crippen LogP contribution in [0.15, 0.2) is 29.6 Å². The molecule has 1 aromatic carbocycles. The fourth-order valence-electron chi connectivity index (χ4n) is 3.80. The van der Waals surface area contributed by atoms with Crippen molar-refractivity contribution in [3.63, 3.8) is 0 Å². The van der Waals surface area contributed by atoms with E-state index in [1.807, 2.05) is 29.6 Å². The maximum absolute atomic E-state index is 13.1. The molecule has 7 heteroatoms. The third-order valence-electron chi connectivity index (χ3n) is 5.59. The van der Waals surface area contributed by atoms with Crippen LogP contribution in [0, 0.1) is 5.41 Å². The average Bonchev–Trinajstić information content (AvgIpc) is 3.18. The smallest absolute Gasteiger partial charge is 0.232 e. The molecule has 0 aliphatic heterocycles. The number of carbonyl (C=O) groups is 2. The summed E-state index contributed by atoms with van der Waals surface area (Å²) in [5.74, 6) is 0.712. The molecule has 4 rings (SSSR count). The van der Waals surface area contributed by atoms with Gasteiger partial charge in [-0.25, -0.2) is 4.98 Å². The third kappa shape index (κ3) is 4.19. The van der Waals surface area contributed by atoms with Gasteiger partial charge in [-0.2, -0.15) is 0 Å². The second kappa shape index (κ2) is 7.91. The first-order valence-electron chi connectivity index (χ1n) is 9.79. The SMILES string of the molecule is COc1ccc(-c2csc(NC(=O)C3(CC(=O)NC4CC4)CCCC3)n2)cc1. The van der Waals surface area contributed by atoms with Crippen molar-refractivity contribution in [1.29, 1.82) is 0 Å². The number of ether oxygens (including phenoxy) is 1. The van der Waals surface area contributed by atoms with Gasteiger partial charge in [-0.15, -0.1) is 11.3 Å². The Morgan fingerprint density at radius 2 is 1.93 bits per heavy atom. The quantitative estimate of drug-likeness (QED) is 0.738. The average molecular weight is 400 g/mol. The molecule has 2 fully saturated rings. The number of nitrogens with one attached hydrogen (secondary N) is 2. The van der Waals surface area contributed by atoms with Crippen LogP contribution < -0.4 is 15.4 Å². The van der Waals surface area contributed by atoms with E-state index < -0.39 is 5.41 Å². The van der Waals surface area contributed by atoms with Gasteiger partial charge in [0.05, 0.1) is 18.2 Å². The number of aromatic nitrogens is 1. The topological polar surface area (TPSA) is 80.3 Å². The summed E-state index contributed by atoms with van der Waals surface area (Å²) in [6.45, 7) is 0. The normalized spacial score (nSPS) is 17.9. The molecule has 1 heterocycles. The van der Waals surface area contributed by atoms with Crippen LogP contribution >= 0.6 is 11.3 Å². The molecule has 0 bridgehead atoms. The minimum Gasteiger partial charge on any atom is -0.497 e. The number of hydrogen-bond acceptors (Lipinski definition) is 5. The van der Waals surface area contributed by atoms with E-state index in [9.17, 15) is 9.59 Å². The molecule has 0 unspecified atom stereocenters. The molecule has 6 nitrogen and oxygen atoms in total. The Balaban J connectivity index is 1.44. The van der Waals surface area contributed by atoms with Gasteiger partial charge >= 0.3 is 0 Å². The summed E-state index contributed by atoms with van der Waals surface area (Å²) < 4.78 is 5.18. The van der Waals surface area contributed by atoms with Gasteiger partial charge in [0.25, 0.3) is 0 Å². The number of nitrogens with zero attached hydrogens (tertiary/aromatic N) is 1. The van der Waals surface area contributed by atoms with Crippen LogP contribution in [-0.4, -0.2) is 29.9 Å². The van der Waals surface area contributed by atoms with Crippen LogP contribution in [0.4, 0.5) is 5.13 Å². The number of carbonyl (C=O) groups excluding carboxylic acids is 2. The molecule has 0 spiro atoms. The third-order valence-corrected chi connectivity index (χ3v) is 6.35. The number of benzene rings is 1. The van der Waals surface area contributed by atoms with E-state index in [0.717, 1.165) is 55.5 Å². The molecular weight excluding hydrogens is 374 g/mol. The van der Waals surface area contributed by atoms with E-state index in [0.29, 0.717) is 11.2 Å². The molecule has 0 radical (unpaired) electrons. The first kappa shape index (κ1) is 18.9. The van der Waals surface area contributed by atoms with E-state index >= 15 is 0 Å². The number of methoxy groups -OCH3 is 1. The zero-order valence-electron chi connectivity index (χ0n) is 16.0. The number of thiazole rings is 1. The highest BCUT2D eigenvalue weighted by molar-refractivity contribution is 7.14. The standard InChI is InChI=1S/C21H25N3O3S/c1-27-16-8-4-14(5-9-16)17-13-28-20(23-17)24-19(26)21(10-2-3-11-21)12-18(25)22-15-6-7-15/h4-5,8-9,13,15H,2-3,6-7,10-12H2,1H3,(H,22,25)(H,23,24,26). The molecule has 2 aliphatic rings. The minimum absolute atomic E-state index is 0.00221. The van der Waals surface area contributed by atoms with Gasteiger partial charge in [-0.3, -0.25) is 9.59 Å². The van der Waals surface area contributed by atoms with Gasteiger partial charge in [-0.05, 0) is 49.9 Å². The van der Waals surface area contributed by atoms with Gasteiger partial charge in [0.15, 0.2) is 5.13 Å². The van der Waals surface area contributed by atoms with Gasteiger partial charge in [0.1, 0.15) is 5.75 Å². The maximum Gasteiger partial charge on any atom is 0.232 e. The lowest BCUT2D eigenvalue weighted by atomic mass is 9.81. The van der Waals surface area contributed by atoms with Crippen LogP contribution in [0.1, 0.15) is 44.9 Å². The van der Waals surface area contributed by atoms with Crippen molar-refractivity contribution in [2.75, 3.05) is 12.4 Å². The Morgan fingerprint density at radius 1 is 1.21 bits per heavy atom. The number of rotatable bonds is 7. The van der Waals surface area contributed by atoms with E-state index in [2.05, 4.69) is 15.6 Å². The zero-order chi connectivity index (χ0) is 19.6. The Hall–Kier alpha value is -2.41. The summed E-state index contributed by atoms with van der Waals surface area (Å²) in [5, 5.41) is 8.50. The summed E-state index contributed by atoms with van der Waals surface area (Å²) in [4.78, 5) is 30.0. The lowest BCUT2D eigenvalue weighted by Crippen LogP contribution is -2.39. The van der Waals surface area contributed by atoms with Crippen molar-refractivity contribution < 1.29 is 14.3 Å².